The topological polar surface area (TPSA) is 12.9 Å². The van der Waals surface area contributed by atoms with E-state index in [1.54, 1.807) is 19.1 Å². The predicted molar refractivity (Wildman–Crippen MR) is 61.5 cm³/mol. The van der Waals surface area contributed by atoms with Crippen LogP contribution in [-0.4, -0.2) is 4.98 Å². The summed E-state index contributed by atoms with van der Waals surface area (Å²) in [5.74, 6) is 0. The van der Waals surface area contributed by atoms with Crippen LogP contribution in [0.3, 0.4) is 0 Å². The summed E-state index contributed by atoms with van der Waals surface area (Å²) in [5, 5.41) is -0.255. The van der Waals surface area contributed by atoms with Crippen LogP contribution in [0.15, 0.2) is 18.2 Å². The van der Waals surface area contributed by atoms with Gasteiger partial charge in [0.2, 0.25) is 0 Å². The molecule has 0 bridgehead atoms. The molecule has 0 N–H and O–H groups in total. The fourth-order valence-corrected chi connectivity index (χ4v) is 1.99. The van der Waals surface area contributed by atoms with E-state index in [-0.39, 0.29) is 10.5 Å². The number of aryl methyl sites for hydroxylation is 1. The second-order valence-corrected chi connectivity index (χ2v) is 4.36. The van der Waals surface area contributed by atoms with E-state index in [0.29, 0.717) is 5.39 Å². The van der Waals surface area contributed by atoms with Crippen LogP contribution in [0, 0.1) is 6.92 Å². The quantitative estimate of drug-likeness (QED) is 0.671. The molecule has 1 nitrogen and oxygen atoms in total. The number of rotatable bonds is 0. The summed E-state index contributed by atoms with van der Waals surface area (Å²) in [6, 6.07) is 4.80. The molecular weight excluding hydrogens is 274 g/mol. The average Bonchev–Trinajstić information content (AvgIpc) is 2.22. The van der Waals surface area contributed by atoms with Crippen LogP contribution in [0.25, 0.3) is 10.9 Å². The zero-order chi connectivity index (χ0) is 12.8. The van der Waals surface area contributed by atoms with Crippen molar-refractivity contribution < 1.29 is 13.2 Å². The van der Waals surface area contributed by atoms with Gasteiger partial charge in [0.15, 0.2) is 5.69 Å². The van der Waals surface area contributed by atoms with Crippen molar-refractivity contribution in [3.05, 3.63) is 39.5 Å². The van der Waals surface area contributed by atoms with E-state index in [9.17, 15) is 13.2 Å². The average molecular weight is 280 g/mol. The predicted octanol–water partition coefficient (Wildman–Crippen LogP) is 4.87. The summed E-state index contributed by atoms with van der Waals surface area (Å²) in [4.78, 5) is 3.51. The second-order valence-electron chi connectivity index (χ2n) is 3.61. The molecule has 0 unspecified atom stereocenters. The van der Waals surface area contributed by atoms with Crippen molar-refractivity contribution in [1.82, 2.24) is 4.98 Å². The van der Waals surface area contributed by atoms with Gasteiger partial charge in [-0.15, -0.1) is 0 Å². The molecule has 1 heterocycles. The third-order valence-corrected chi connectivity index (χ3v) is 3.15. The van der Waals surface area contributed by atoms with Crippen molar-refractivity contribution in [1.29, 1.82) is 0 Å². The van der Waals surface area contributed by atoms with Crippen molar-refractivity contribution in [3.8, 4) is 0 Å². The first-order valence-electron chi connectivity index (χ1n) is 4.63. The number of benzene rings is 1. The van der Waals surface area contributed by atoms with Gasteiger partial charge in [0.1, 0.15) is 0 Å². The number of halogens is 5. The number of fused-ring (bicyclic) bond motifs is 1. The molecule has 0 spiro atoms. The number of alkyl halides is 3. The van der Waals surface area contributed by atoms with Crippen molar-refractivity contribution in [3.63, 3.8) is 0 Å². The second kappa shape index (κ2) is 4.03. The van der Waals surface area contributed by atoms with Gasteiger partial charge in [-0.25, -0.2) is 4.98 Å². The Bertz CT molecular complexity index is 593. The van der Waals surface area contributed by atoms with E-state index in [1.165, 1.54) is 6.07 Å². The Morgan fingerprint density at radius 2 is 1.76 bits per heavy atom. The van der Waals surface area contributed by atoms with Gasteiger partial charge in [0.25, 0.3) is 0 Å². The highest BCUT2D eigenvalue weighted by Gasteiger charge is 2.36. The Labute approximate surface area is 105 Å². The lowest BCUT2D eigenvalue weighted by atomic mass is 10.1. The number of nitrogens with zero attached hydrogens (tertiary/aromatic N) is 1. The lowest BCUT2D eigenvalue weighted by Gasteiger charge is -2.11. The van der Waals surface area contributed by atoms with Gasteiger partial charge in [-0.3, -0.25) is 0 Å². The Kier molecular flexibility index (Phi) is 2.96. The maximum atomic E-state index is 12.6. The third kappa shape index (κ3) is 2.19. The SMILES string of the molecule is Cc1ccc2nc(C(F)(F)F)c(Cl)c(Cl)c2c1. The van der Waals surface area contributed by atoms with Gasteiger partial charge >= 0.3 is 6.18 Å². The van der Waals surface area contributed by atoms with Crippen LogP contribution in [0.5, 0.6) is 0 Å². The van der Waals surface area contributed by atoms with Gasteiger partial charge < -0.3 is 0 Å². The minimum absolute atomic E-state index is 0.118. The van der Waals surface area contributed by atoms with E-state index >= 15 is 0 Å². The highest BCUT2D eigenvalue weighted by atomic mass is 35.5. The highest BCUT2D eigenvalue weighted by molar-refractivity contribution is 6.45. The number of pyridine rings is 1. The molecule has 2 rings (SSSR count). The van der Waals surface area contributed by atoms with Crippen molar-refractivity contribution in [2.75, 3.05) is 0 Å². The maximum Gasteiger partial charge on any atom is 0.434 e. The van der Waals surface area contributed by atoms with Crippen LogP contribution in [-0.2, 0) is 6.18 Å². The normalized spacial score (nSPS) is 12.1. The summed E-state index contributed by atoms with van der Waals surface area (Å²) < 4.78 is 37.9. The minimum atomic E-state index is -4.61. The Morgan fingerprint density at radius 1 is 1.12 bits per heavy atom. The Balaban J connectivity index is 2.85. The molecule has 90 valence electrons. The van der Waals surface area contributed by atoms with E-state index in [0.717, 1.165) is 5.56 Å². The van der Waals surface area contributed by atoms with E-state index in [4.69, 9.17) is 23.2 Å². The smallest absolute Gasteiger partial charge is 0.242 e. The van der Waals surface area contributed by atoms with Gasteiger partial charge in [-0.05, 0) is 19.1 Å². The zero-order valence-electron chi connectivity index (χ0n) is 8.57. The minimum Gasteiger partial charge on any atom is -0.242 e. The molecule has 6 heteroatoms. The van der Waals surface area contributed by atoms with Crippen molar-refractivity contribution >= 4 is 34.1 Å². The largest absolute Gasteiger partial charge is 0.434 e. The van der Waals surface area contributed by atoms with Crippen molar-refractivity contribution in [2.45, 2.75) is 13.1 Å². The third-order valence-electron chi connectivity index (χ3n) is 2.29. The summed E-state index contributed by atoms with van der Waals surface area (Å²) in [6.07, 6.45) is -4.61. The van der Waals surface area contributed by atoms with Crippen LogP contribution < -0.4 is 0 Å². The van der Waals surface area contributed by atoms with Gasteiger partial charge in [-0.1, -0.05) is 34.8 Å². The van der Waals surface area contributed by atoms with Crippen LogP contribution >= 0.6 is 23.2 Å². The molecular formula is C11H6Cl2F3N. The fourth-order valence-electron chi connectivity index (χ4n) is 1.50. The summed E-state index contributed by atoms with van der Waals surface area (Å²) in [7, 11) is 0. The van der Waals surface area contributed by atoms with Crippen LogP contribution in [0.4, 0.5) is 13.2 Å². The highest BCUT2D eigenvalue weighted by Crippen LogP contribution is 2.40. The van der Waals surface area contributed by atoms with Gasteiger partial charge in [-0.2, -0.15) is 13.2 Å². The van der Waals surface area contributed by atoms with Gasteiger partial charge in [0.05, 0.1) is 15.6 Å². The number of hydrogen-bond acceptors (Lipinski definition) is 1. The van der Waals surface area contributed by atoms with E-state index in [2.05, 4.69) is 4.98 Å². The van der Waals surface area contributed by atoms with E-state index in [1.807, 2.05) is 0 Å². The molecule has 1 aromatic carbocycles. The molecule has 2 aromatic rings. The molecule has 1 aromatic heterocycles. The monoisotopic (exact) mass is 279 g/mol. The molecule has 0 aliphatic heterocycles. The molecule has 0 aliphatic rings. The lowest BCUT2D eigenvalue weighted by molar-refractivity contribution is -0.140. The number of hydrogen-bond donors (Lipinski definition) is 0. The molecule has 17 heavy (non-hydrogen) atoms. The van der Waals surface area contributed by atoms with Gasteiger partial charge in [0, 0.05) is 5.39 Å². The van der Waals surface area contributed by atoms with Crippen LogP contribution in [0.1, 0.15) is 11.3 Å². The van der Waals surface area contributed by atoms with Crippen molar-refractivity contribution in [2.24, 2.45) is 0 Å². The van der Waals surface area contributed by atoms with E-state index < -0.39 is 16.9 Å². The number of aromatic nitrogens is 1. The summed E-state index contributed by atoms with van der Waals surface area (Å²) >= 11 is 11.4. The first-order chi connectivity index (χ1) is 7.80. The summed E-state index contributed by atoms with van der Waals surface area (Å²) in [6.45, 7) is 1.81. The Morgan fingerprint density at radius 3 is 2.35 bits per heavy atom. The molecule has 0 aliphatic carbocycles. The summed E-state index contributed by atoms with van der Waals surface area (Å²) in [5.41, 5.74) is -0.102. The zero-order valence-corrected chi connectivity index (χ0v) is 10.1. The van der Waals surface area contributed by atoms with Crippen LogP contribution in [0.2, 0.25) is 10.0 Å². The standard InChI is InChI=1S/C11H6Cl2F3N/c1-5-2-3-7-6(4-5)8(12)9(13)10(17-7)11(14,15)16/h2-4H,1H3. The molecule has 0 amide bonds. The lowest BCUT2D eigenvalue weighted by Crippen LogP contribution is -2.09. The first-order valence-corrected chi connectivity index (χ1v) is 5.39. The molecule has 0 saturated carbocycles. The molecule has 0 atom stereocenters. The first kappa shape index (κ1) is 12.5. The molecule has 0 saturated heterocycles. The maximum absolute atomic E-state index is 12.6. The Hall–Kier alpha value is -1.000. The molecule has 0 fully saturated rings. The fraction of sp³-hybridized carbons (Fsp3) is 0.182. The molecule has 0 radical (unpaired) electrons.